The van der Waals surface area contributed by atoms with E-state index in [4.69, 9.17) is 10.5 Å². The summed E-state index contributed by atoms with van der Waals surface area (Å²) in [6, 6.07) is 0. The fourth-order valence-electron chi connectivity index (χ4n) is 1.58. The Morgan fingerprint density at radius 2 is 2.10 bits per heavy atom. The topological polar surface area (TPSA) is 122 Å². The molecule has 0 saturated heterocycles. The minimum Gasteiger partial charge on any atom is -0.395 e. The number of rotatable bonds is 8. The molecule has 1 aromatic rings. The first-order valence-electron chi connectivity index (χ1n) is 6.46. The molecule has 1 aromatic heterocycles. The Labute approximate surface area is 117 Å². The number of nitrogens with one attached hydrogen (secondary N) is 3. The molecule has 0 aliphatic heterocycles. The highest BCUT2D eigenvalue weighted by Crippen LogP contribution is 2.13. The van der Waals surface area contributed by atoms with E-state index in [1.807, 2.05) is 6.92 Å². The Kier molecular flexibility index (Phi) is 6.51. The number of hydrogen-bond donors (Lipinski definition) is 4. The first-order chi connectivity index (χ1) is 9.60. The highest BCUT2D eigenvalue weighted by molar-refractivity contribution is 5.97. The number of carbonyl (C=O) groups is 2. The summed E-state index contributed by atoms with van der Waals surface area (Å²) in [5, 5.41) is 11.8. The SMILES string of the molecule is CCc1[nH]nc(C(=O)NCCC(=O)NCCOC)c1N. The van der Waals surface area contributed by atoms with Gasteiger partial charge < -0.3 is 21.1 Å². The van der Waals surface area contributed by atoms with E-state index >= 15 is 0 Å². The molecule has 8 nitrogen and oxygen atoms in total. The van der Waals surface area contributed by atoms with Crippen molar-refractivity contribution in [3.63, 3.8) is 0 Å². The van der Waals surface area contributed by atoms with E-state index in [2.05, 4.69) is 20.8 Å². The lowest BCUT2D eigenvalue weighted by molar-refractivity contribution is -0.121. The van der Waals surface area contributed by atoms with Crippen LogP contribution in [0.5, 0.6) is 0 Å². The van der Waals surface area contributed by atoms with Gasteiger partial charge in [0.1, 0.15) is 0 Å². The second-order valence-corrected chi connectivity index (χ2v) is 4.17. The Bertz CT molecular complexity index is 458. The molecular formula is C12H21N5O3. The molecule has 112 valence electrons. The summed E-state index contributed by atoms with van der Waals surface area (Å²) in [6.07, 6.45) is 0.869. The number of hydrogen-bond acceptors (Lipinski definition) is 5. The summed E-state index contributed by atoms with van der Waals surface area (Å²) in [5.74, 6) is -0.533. The molecule has 5 N–H and O–H groups in total. The number of aromatic nitrogens is 2. The van der Waals surface area contributed by atoms with E-state index in [-0.39, 0.29) is 30.5 Å². The summed E-state index contributed by atoms with van der Waals surface area (Å²) < 4.78 is 4.81. The van der Waals surface area contributed by atoms with Gasteiger partial charge in [0.25, 0.3) is 5.91 Å². The molecule has 1 rings (SSSR count). The lowest BCUT2D eigenvalue weighted by Gasteiger charge is -2.05. The van der Waals surface area contributed by atoms with Crippen molar-refractivity contribution >= 4 is 17.5 Å². The number of amides is 2. The van der Waals surface area contributed by atoms with E-state index in [1.165, 1.54) is 0 Å². The molecule has 1 heterocycles. The molecule has 0 radical (unpaired) electrons. The van der Waals surface area contributed by atoms with Gasteiger partial charge in [-0.25, -0.2) is 0 Å². The highest BCUT2D eigenvalue weighted by Gasteiger charge is 2.16. The van der Waals surface area contributed by atoms with Crippen LogP contribution < -0.4 is 16.4 Å². The normalized spacial score (nSPS) is 10.3. The second-order valence-electron chi connectivity index (χ2n) is 4.17. The minimum atomic E-state index is -0.386. The molecule has 0 spiro atoms. The van der Waals surface area contributed by atoms with Crippen molar-refractivity contribution in [1.82, 2.24) is 20.8 Å². The molecular weight excluding hydrogens is 262 g/mol. The monoisotopic (exact) mass is 283 g/mol. The Morgan fingerprint density at radius 1 is 1.35 bits per heavy atom. The van der Waals surface area contributed by atoms with E-state index in [1.54, 1.807) is 7.11 Å². The molecule has 2 amide bonds. The molecule has 8 heteroatoms. The van der Waals surface area contributed by atoms with Crippen molar-refractivity contribution in [3.8, 4) is 0 Å². The van der Waals surface area contributed by atoms with Crippen molar-refractivity contribution in [2.24, 2.45) is 0 Å². The predicted octanol–water partition coefficient (Wildman–Crippen LogP) is -0.563. The number of H-pyrrole nitrogens is 1. The first-order valence-corrected chi connectivity index (χ1v) is 6.46. The second kappa shape index (κ2) is 8.16. The van der Waals surface area contributed by atoms with E-state index in [0.29, 0.717) is 25.3 Å². The average molecular weight is 283 g/mol. The van der Waals surface area contributed by atoms with Gasteiger partial charge in [0.05, 0.1) is 18.0 Å². The number of carbonyl (C=O) groups excluding carboxylic acids is 2. The van der Waals surface area contributed by atoms with Gasteiger partial charge in [-0.15, -0.1) is 0 Å². The number of ether oxygens (including phenoxy) is 1. The highest BCUT2D eigenvalue weighted by atomic mass is 16.5. The lowest BCUT2D eigenvalue weighted by atomic mass is 10.2. The standard InChI is InChI=1S/C12H21N5O3/c1-3-8-10(13)11(17-16-8)12(19)15-5-4-9(18)14-6-7-20-2/h3-7,13H2,1-2H3,(H,14,18)(H,15,19)(H,16,17). The Hall–Kier alpha value is -2.09. The van der Waals surface area contributed by atoms with Crippen LogP contribution in [0.15, 0.2) is 0 Å². The van der Waals surface area contributed by atoms with Gasteiger partial charge in [0.2, 0.25) is 5.91 Å². The lowest BCUT2D eigenvalue weighted by Crippen LogP contribution is -2.32. The summed E-state index contributed by atoms with van der Waals surface area (Å²) in [4.78, 5) is 23.2. The summed E-state index contributed by atoms with van der Waals surface area (Å²) in [5.41, 5.74) is 7.03. The van der Waals surface area contributed by atoms with Crippen molar-refractivity contribution in [2.75, 3.05) is 32.5 Å². The smallest absolute Gasteiger partial charge is 0.273 e. The van der Waals surface area contributed by atoms with Crippen LogP contribution in [0.1, 0.15) is 29.5 Å². The van der Waals surface area contributed by atoms with Crippen molar-refractivity contribution in [2.45, 2.75) is 19.8 Å². The number of aromatic amines is 1. The van der Waals surface area contributed by atoms with Crippen LogP contribution in [0.25, 0.3) is 0 Å². The molecule has 0 fully saturated rings. The molecule has 20 heavy (non-hydrogen) atoms. The molecule has 0 saturated carbocycles. The van der Waals surface area contributed by atoms with Crippen LogP contribution in [-0.2, 0) is 16.0 Å². The largest absolute Gasteiger partial charge is 0.395 e. The zero-order valence-corrected chi connectivity index (χ0v) is 11.8. The van der Waals surface area contributed by atoms with Crippen LogP contribution in [-0.4, -0.2) is 48.8 Å². The van der Waals surface area contributed by atoms with E-state index in [0.717, 1.165) is 5.69 Å². The maximum atomic E-state index is 11.8. The molecule has 0 atom stereocenters. The van der Waals surface area contributed by atoms with Gasteiger partial charge in [-0.3, -0.25) is 14.7 Å². The van der Waals surface area contributed by atoms with E-state index < -0.39 is 0 Å². The maximum absolute atomic E-state index is 11.8. The Morgan fingerprint density at radius 3 is 2.70 bits per heavy atom. The van der Waals surface area contributed by atoms with Gasteiger partial charge in [-0.05, 0) is 6.42 Å². The van der Waals surface area contributed by atoms with Gasteiger partial charge >= 0.3 is 0 Å². The number of nitrogens with zero attached hydrogens (tertiary/aromatic N) is 1. The molecule has 0 bridgehead atoms. The minimum absolute atomic E-state index is 0.147. The number of nitrogens with two attached hydrogens (primary N) is 1. The van der Waals surface area contributed by atoms with Gasteiger partial charge in [-0.2, -0.15) is 5.10 Å². The zero-order valence-electron chi connectivity index (χ0n) is 11.8. The molecule has 0 aliphatic carbocycles. The van der Waals surface area contributed by atoms with Gasteiger partial charge in [0, 0.05) is 26.6 Å². The number of anilines is 1. The van der Waals surface area contributed by atoms with Crippen molar-refractivity contribution < 1.29 is 14.3 Å². The van der Waals surface area contributed by atoms with Gasteiger partial charge in [0.15, 0.2) is 5.69 Å². The van der Waals surface area contributed by atoms with Crippen LogP contribution in [0, 0.1) is 0 Å². The van der Waals surface area contributed by atoms with Crippen LogP contribution >= 0.6 is 0 Å². The summed E-state index contributed by atoms with van der Waals surface area (Å²) in [7, 11) is 1.56. The quantitative estimate of drug-likeness (QED) is 0.476. The zero-order chi connectivity index (χ0) is 15.0. The molecule has 0 aromatic carbocycles. The van der Waals surface area contributed by atoms with Crippen molar-refractivity contribution in [1.29, 1.82) is 0 Å². The third kappa shape index (κ3) is 4.54. The third-order valence-corrected chi connectivity index (χ3v) is 2.72. The predicted molar refractivity (Wildman–Crippen MR) is 74.2 cm³/mol. The maximum Gasteiger partial charge on any atom is 0.273 e. The number of aryl methyl sites for hydroxylation is 1. The number of methoxy groups -OCH3 is 1. The first kappa shape index (κ1) is 16.0. The fraction of sp³-hybridized carbons (Fsp3) is 0.583. The number of nitrogen functional groups attached to an aromatic ring is 1. The molecule has 0 unspecified atom stereocenters. The van der Waals surface area contributed by atoms with E-state index in [9.17, 15) is 9.59 Å². The van der Waals surface area contributed by atoms with Crippen molar-refractivity contribution in [3.05, 3.63) is 11.4 Å². The molecule has 0 aliphatic rings. The summed E-state index contributed by atoms with van der Waals surface area (Å²) >= 11 is 0. The fourth-order valence-corrected chi connectivity index (χ4v) is 1.58. The van der Waals surface area contributed by atoms with Crippen LogP contribution in [0.3, 0.4) is 0 Å². The average Bonchev–Trinajstić information content (AvgIpc) is 2.80. The third-order valence-electron chi connectivity index (χ3n) is 2.72. The van der Waals surface area contributed by atoms with Crippen LogP contribution in [0.4, 0.5) is 5.69 Å². The summed E-state index contributed by atoms with van der Waals surface area (Å²) in [6.45, 7) is 3.05. The Balaban J connectivity index is 2.32. The van der Waals surface area contributed by atoms with Gasteiger partial charge in [-0.1, -0.05) is 6.92 Å². The van der Waals surface area contributed by atoms with Crippen LogP contribution in [0.2, 0.25) is 0 Å².